The number of hydrogen-bond acceptors (Lipinski definition) is 4. The fourth-order valence-electron chi connectivity index (χ4n) is 1.77. The Bertz CT molecular complexity index is 382. The second-order valence-electron chi connectivity index (χ2n) is 4.35. The van der Waals surface area contributed by atoms with Gasteiger partial charge in [-0.3, -0.25) is 10.5 Å². The summed E-state index contributed by atoms with van der Waals surface area (Å²) in [5.41, 5.74) is 4.94. The van der Waals surface area contributed by atoms with Gasteiger partial charge in [-0.2, -0.15) is 0 Å². The summed E-state index contributed by atoms with van der Waals surface area (Å²) >= 11 is 0. The summed E-state index contributed by atoms with van der Waals surface area (Å²) in [6.45, 7) is 0. The van der Waals surface area contributed by atoms with Crippen LogP contribution in [0.2, 0.25) is 0 Å². The Morgan fingerprint density at radius 3 is 2.38 bits per heavy atom. The van der Waals surface area contributed by atoms with Crippen molar-refractivity contribution >= 4 is 6.29 Å². The molecule has 2 rings (SSSR count). The molecule has 0 amide bonds. The third-order valence-corrected chi connectivity index (χ3v) is 3.03. The van der Waals surface area contributed by atoms with Crippen molar-refractivity contribution in [2.24, 2.45) is 11.7 Å². The second-order valence-corrected chi connectivity index (χ2v) is 4.35. The molecule has 0 unspecified atom stereocenters. The Balaban J connectivity index is 2.23. The number of carbonyl (C=O) groups excluding carboxylic acids is 1. The number of hydrogen-bond donors (Lipinski definition) is 3. The minimum absolute atomic E-state index is 0.0840. The van der Waals surface area contributed by atoms with Gasteiger partial charge in [0.1, 0.15) is 12.4 Å². The third kappa shape index (κ3) is 2.00. The van der Waals surface area contributed by atoms with Crippen LogP contribution < -0.4 is 5.73 Å². The Hall–Kier alpha value is -1.23. The number of aliphatic hydroxyl groups is 2. The van der Waals surface area contributed by atoms with Crippen LogP contribution in [0.5, 0.6) is 0 Å². The molecule has 1 fully saturated rings. The highest BCUT2D eigenvalue weighted by atomic mass is 16.4. The molecule has 1 aromatic rings. The first-order valence-corrected chi connectivity index (χ1v) is 5.30. The largest absolute Gasteiger partial charge is 0.388 e. The third-order valence-electron chi connectivity index (χ3n) is 3.03. The van der Waals surface area contributed by atoms with Gasteiger partial charge in [-0.25, -0.2) is 0 Å². The summed E-state index contributed by atoms with van der Waals surface area (Å²) in [4.78, 5) is 10.5. The summed E-state index contributed by atoms with van der Waals surface area (Å²) in [5, 5.41) is 19.9. The van der Waals surface area contributed by atoms with Gasteiger partial charge < -0.3 is 10.2 Å². The Morgan fingerprint density at radius 1 is 1.38 bits per heavy atom. The highest BCUT2D eigenvalue weighted by molar-refractivity contribution is 5.74. The molecule has 16 heavy (non-hydrogen) atoms. The molecule has 0 aromatic heterocycles. The maximum absolute atomic E-state index is 10.5. The summed E-state index contributed by atoms with van der Waals surface area (Å²) in [7, 11) is 0. The fourth-order valence-corrected chi connectivity index (χ4v) is 1.77. The van der Waals surface area contributed by atoms with E-state index in [-0.39, 0.29) is 5.92 Å². The lowest BCUT2D eigenvalue weighted by atomic mass is 9.94. The predicted molar refractivity (Wildman–Crippen MR) is 58.6 cm³/mol. The van der Waals surface area contributed by atoms with Gasteiger partial charge in [-0.15, -0.1) is 0 Å². The molecule has 1 aliphatic carbocycles. The molecule has 4 heteroatoms. The minimum Gasteiger partial charge on any atom is -0.388 e. The van der Waals surface area contributed by atoms with E-state index in [1.54, 1.807) is 24.3 Å². The van der Waals surface area contributed by atoms with Gasteiger partial charge in [0.05, 0.1) is 0 Å². The van der Waals surface area contributed by atoms with E-state index in [2.05, 4.69) is 0 Å². The van der Waals surface area contributed by atoms with Crippen molar-refractivity contribution < 1.29 is 15.0 Å². The van der Waals surface area contributed by atoms with Gasteiger partial charge in [-0.1, -0.05) is 24.3 Å². The van der Waals surface area contributed by atoms with E-state index in [0.29, 0.717) is 11.1 Å². The molecule has 1 saturated carbocycles. The molecular weight excluding hydrogens is 206 g/mol. The monoisotopic (exact) mass is 221 g/mol. The van der Waals surface area contributed by atoms with Gasteiger partial charge in [0, 0.05) is 11.1 Å². The summed E-state index contributed by atoms with van der Waals surface area (Å²) in [6.07, 6.45) is 1.56. The summed E-state index contributed by atoms with van der Waals surface area (Å²) in [6, 6.07) is 6.27. The lowest BCUT2D eigenvalue weighted by molar-refractivity contribution is -0.0863. The zero-order chi connectivity index (χ0) is 11.8. The molecule has 4 N–H and O–H groups in total. The van der Waals surface area contributed by atoms with Crippen LogP contribution in [0.15, 0.2) is 24.3 Å². The predicted octanol–water partition coefficient (Wildman–Crippen LogP) is 0.374. The number of aliphatic hydroxyl groups excluding tert-OH is 1. The highest BCUT2D eigenvalue weighted by Gasteiger charge is 2.43. The van der Waals surface area contributed by atoms with Crippen molar-refractivity contribution in [3.8, 4) is 0 Å². The van der Waals surface area contributed by atoms with Crippen LogP contribution in [0, 0.1) is 5.92 Å². The maximum atomic E-state index is 10.5. The van der Waals surface area contributed by atoms with Crippen molar-refractivity contribution in [1.29, 1.82) is 0 Å². The normalized spacial score (nSPS) is 21.2. The SMILES string of the molecule is N[C@](O)(c1ccc(C=O)cc1)[C@@H](O)C1CC1. The van der Waals surface area contributed by atoms with Crippen LogP contribution in [0.3, 0.4) is 0 Å². The van der Waals surface area contributed by atoms with Gasteiger partial charge in [-0.05, 0) is 18.8 Å². The van der Waals surface area contributed by atoms with E-state index in [1.807, 2.05) is 0 Å². The number of benzene rings is 1. The molecule has 0 spiro atoms. The van der Waals surface area contributed by atoms with E-state index in [1.165, 1.54) is 0 Å². The fraction of sp³-hybridized carbons (Fsp3) is 0.417. The van der Waals surface area contributed by atoms with Crippen LogP contribution in [0.1, 0.15) is 28.8 Å². The maximum Gasteiger partial charge on any atom is 0.166 e. The Morgan fingerprint density at radius 2 is 1.94 bits per heavy atom. The number of nitrogens with two attached hydrogens (primary N) is 1. The van der Waals surface area contributed by atoms with Gasteiger partial charge in [0.25, 0.3) is 0 Å². The number of carbonyl (C=O) groups is 1. The first kappa shape index (κ1) is 11.3. The Labute approximate surface area is 93.7 Å². The summed E-state index contributed by atoms with van der Waals surface area (Å²) in [5.74, 6) is 0.0840. The Kier molecular flexibility index (Phi) is 2.80. The number of rotatable bonds is 4. The van der Waals surface area contributed by atoms with Crippen LogP contribution >= 0.6 is 0 Å². The molecule has 0 aliphatic heterocycles. The molecule has 4 nitrogen and oxygen atoms in total. The molecule has 86 valence electrons. The van der Waals surface area contributed by atoms with E-state index in [4.69, 9.17) is 5.73 Å². The first-order chi connectivity index (χ1) is 7.55. The molecule has 0 saturated heterocycles. The lowest BCUT2D eigenvalue weighted by Crippen LogP contribution is -2.48. The average molecular weight is 221 g/mol. The lowest BCUT2D eigenvalue weighted by Gasteiger charge is -2.29. The average Bonchev–Trinajstić information content (AvgIpc) is 3.12. The molecule has 2 atom stereocenters. The van der Waals surface area contributed by atoms with Gasteiger partial charge in [0.2, 0.25) is 0 Å². The topological polar surface area (TPSA) is 83.5 Å². The van der Waals surface area contributed by atoms with Gasteiger partial charge in [0.15, 0.2) is 5.72 Å². The van der Waals surface area contributed by atoms with Crippen LogP contribution in [-0.4, -0.2) is 22.6 Å². The zero-order valence-corrected chi connectivity index (χ0v) is 8.84. The molecular formula is C12H15NO3. The van der Waals surface area contributed by atoms with Crippen molar-refractivity contribution in [2.75, 3.05) is 0 Å². The van der Waals surface area contributed by atoms with Crippen molar-refractivity contribution in [1.82, 2.24) is 0 Å². The first-order valence-electron chi connectivity index (χ1n) is 5.30. The smallest absolute Gasteiger partial charge is 0.166 e. The van der Waals surface area contributed by atoms with Gasteiger partial charge >= 0.3 is 0 Å². The highest BCUT2D eigenvalue weighted by Crippen LogP contribution is 2.38. The van der Waals surface area contributed by atoms with Crippen molar-refractivity contribution in [3.63, 3.8) is 0 Å². The van der Waals surface area contributed by atoms with Crippen molar-refractivity contribution in [2.45, 2.75) is 24.7 Å². The molecule has 1 aliphatic rings. The van der Waals surface area contributed by atoms with Crippen LogP contribution in [-0.2, 0) is 5.72 Å². The summed E-state index contributed by atoms with van der Waals surface area (Å²) < 4.78 is 0. The van der Waals surface area contributed by atoms with E-state index in [9.17, 15) is 15.0 Å². The van der Waals surface area contributed by atoms with E-state index < -0.39 is 11.8 Å². The van der Waals surface area contributed by atoms with Crippen LogP contribution in [0.25, 0.3) is 0 Å². The standard InChI is InChI=1S/C12H15NO3/c13-12(16,11(15)9-3-4-9)10-5-1-8(7-14)2-6-10/h1-2,5-7,9,11,15-16H,3-4,13H2/t11-,12-/m0/s1. The van der Waals surface area contributed by atoms with Crippen molar-refractivity contribution in [3.05, 3.63) is 35.4 Å². The van der Waals surface area contributed by atoms with E-state index >= 15 is 0 Å². The zero-order valence-electron chi connectivity index (χ0n) is 8.84. The van der Waals surface area contributed by atoms with Crippen LogP contribution in [0.4, 0.5) is 0 Å². The van der Waals surface area contributed by atoms with E-state index in [0.717, 1.165) is 19.1 Å². The quantitative estimate of drug-likeness (QED) is 0.507. The number of aldehydes is 1. The minimum atomic E-state index is -1.73. The molecule has 0 radical (unpaired) electrons. The molecule has 1 aromatic carbocycles. The molecule has 0 heterocycles. The molecule has 0 bridgehead atoms. The second kappa shape index (κ2) is 3.97.